The number of benzene rings is 1. The number of hydrogen-bond donors (Lipinski definition) is 2. The van der Waals surface area contributed by atoms with Crippen LogP contribution in [0.25, 0.3) is 0 Å². The van der Waals surface area contributed by atoms with Crippen LogP contribution in [0.2, 0.25) is 0 Å². The van der Waals surface area contributed by atoms with Crippen LogP contribution in [0.5, 0.6) is 0 Å². The molecule has 0 aliphatic rings. The zero-order valence-electron chi connectivity index (χ0n) is 10.9. The Balaban J connectivity index is 0.00000256. The van der Waals surface area contributed by atoms with Crippen molar-refractivity contribution in [2.24, 2.45) is 5.73 Å². The van der Waals surface area contributed by atoms with E-state index in [9.17, 15) is 5.11 Å². The zero-order valence-corrected chi connectivity index (χ0v) is 11.7. The third-order valence-electron chi connectivity index (χ3n) is 2.99. The summed E-state index contributed by atoms with van der Waals surface area (Å²) in [5.74, 6) is 0.533. The summed E-state index contributed by atoms with van der Waals surface area (Å²) in [6.07, 6.45) is 1.28. The molecule has 98 valence electrons. The summed E-state index contributed by atoms with van der Waals surface area (Å²) in [7, 11) is 0. The number of aliphatic hydroxyl groups excluding tert-OH is 1. The Bertz CT molecular complexity index is 311. The second kappa shape index (κ2) is 7.70. The van der Waals surface area contributed by atoms with Gasteiger partial charge in [-0.1, -0.05) is 51.5 Å². The second-order valence-corrected chi connectivity index (χ2v) is 4.70. The molecule has 2 nitrogen and oxygen atoms in total. The van der Waals surface area contributed by atoms with Gasteiger partial charge in [0.15, 0.2) is 0 Å². The molecule has 3 heteroatoms. The third kappa shape index (κ3) is 4.66. The maximum Gasteiger partial charge on any atom is 0.0732 e. The van der Waals surface area contributed by atoms with Gasteiger partial charge in [0.2, 0.25) is 0 Å². The van der Waals surface area contributed by atoms with E-state index in [-0.39, 0.29) is 18.4 Å². The van der Waals surface area contributed by atoms with Gasteiger partial charge in [0.05, 0.1) is 12.1 Å². The Morgan fingerprint density at radius 1 is 1.12 bits per heavy atom. The van der Waals surface area contributed by atoms with Crippen LogP contribution in [0.4, 0.5) is 0 Å². The van der Waals surface area contributed by atoms with Crippen molar-refractivity contribution < 1.29 is 5.11 Å². The van der Waals surface area contributed by atoms with Crippen molar-refractivity contribution in [2.75, 3.05) is 0 Å². The predicted octanol–water partition coefficient (Wildman–Crippen LogP) is 3.39. The molecule has 0 saturated carbocycles. The Kier molecular flexibility index (Phi) is 7.44. The molecule has 0 heterocycles. The lowest BCUT2D eigenvalue weighted by Gasteiger charge is -2.19. The van der Waals surface area contributed by atoms with Gasteiger partial charge >= 0.3 is 0 Å². The average molecular weight is 258 g/mol. The molecule has 0 aromatic heterocycles. The number of hydrogen-bond acceptors (Lipinski definition) is 2. The molecule has 0 fully saturated rings. The summed E-state index contributed by atoms with van der Waals surface area (Å²) in [5.41, 5.74) is 8.33. The molecule has 0 unspecified atom stereocenters. The Morgan fingerprint density at radius 3 is 2.00 bits per heavy atom. The molecule has 0 spiro atoms. The van der Waals surface area contributed by atoms with Gasteiger partial charge in [0, 0.05) is 0 Å². The van der Waals surface area contributed by atoms with Crippen molar-refractivity contribution in [3.05, 3.63) is 35.4 Å². The summed E-state index contributed by atoms with van der Waals surface area (Å²) in [6, 6.07) is 7.98. The minimum atomic E-state index is -0.435. The van der Waals surface area contributed by atoms with Crippen LogP contribution in [0.15, 0.2) is 24.3 Å². The van der Waals surface area contributed by atoms with Crippen LogP contribution in [0.3, 0.4) is 0 Å². The van der Waals surface area contributed by atoms with E-state index in [0.717, 1.165) is 18.4 Å². The highest BCUT2D eigenvalue weighted by atomic mass is 35.5. The van der Waals surface area contributed by atoms with E-state index < -0.39 is 6.10 Å². The minimum absolute atomic E-state index is 0. The smallest absolute Gasteiger partial charge is 0.0732 e. The highest BCUT2D eigenvalue weighted by molar-refractivity contribution is 5.85. The topological polar surface area (TPSA) is 46.2 Å². The summed E-state index contributed by atoms with van der Waals surface area (Å²) in [5, 5.41) is 9.82. The lowest BCUT2D eigenvalue weighted by atomic mass is 9.96. The molecule has 0 amide bonds. The van der Waals surface area contributed by atoms with Crippen molar-refractivity contribution in [3.63, 3.8) is 0 Å². The molecule has 1 aromatic carbocycles. The van der Waals surface area contributed by atoms with E-state index in [0.29, 0.717) is 5.92 Å². The fourth-order valence-corrected chi connectivity index (χ4v) is 1.80. The minimum Gasteiger partial charge on any atom is -0.391 e. The standard InChI is InChI=1S/C14H23NO.ClH/c1-4-5-13(16)14(15)12-8-6-11(7-9-12)10(2)3;/h6-10,13-14,16H,4-5,15H2,1-3H3;1H/t13-,14+;/m0./s1. The van der Waals surface area contributed by atoms with Crippen LogP contribution < -0.4 is 5.73 Å². The molecule has 0 radical (unpaired) electrons. The highest BCUT2D eigenvalue weighted by Crippen LogP contribution is 2.20. The Morgan fingerprint density at radius 2 is 1.59 bits per heavy atom. The van der Waals surface area contributed by atoms with E-state index in [2.05, 4.69) is 32.9 Å². The Labute approximate surface area is 111 Å². The first-order valence-corrected chi connectivity index (χ1v) is 6.09. The van der Waals surface area contributed by atoms with Crippen molar-refractivity contribution in [3.8, 4) is 0 Å². The molecule has 0 saturated heterocycles. The molecule has 0 bridgehead atoms. The number of nitrogens with two attached hydrogens (primary N) is 1. The summed E-state index contributed by atoms with van der Waals surface area (Å²) < 4.78 is 0. The first-order chi connectivity index (χ1) is 7.56. The van der Waals surface area contributed by atoms with Gasteiger partial charge < -0.3 is 10.8 Å². The first kappa shape index (κ1) is 16.4. The largest absolute Gasteiger partial charge is 0.391 e. The normalized spacial score (nSPS) is 14.2. The number of aliphatic hydroxyl groups is 1. The Hall–Kier alpha value is -0.570. The fraction of sp³-hybridized carbons (Fsp3) is 0.571. The molecule has 0 aliphatic heterocycles. The fourth-order valence-electron chi connectivity index (χ4n) is 1.80. The lowest BCUT2D eigenvalue weighted by molar-refractivity contribution is 0.134. The van der Waals surface area contributed by atoms with Crippen LogP contribution in [0.1, 0.15) is 56.7 Å². The maximum atomic E-state index is 9.82. The van der Waals surface area contributed by atoms with Gasteiger partial charge in [-0.2, -0.15) is 0 Å². The van der Waals surface area contributed by atoms with Gasteiger partial charge in [-0.15, -0.1) is 12.4 Å². The van der Waals surface area contributed by atoms with Gasteiger partial charge in [-0.05, 0) is 23.5 Å². The molecular weight excluding hydrogens is 234 g/mol. The van der Waals surface area contributed by atoms with E-state index in [1.54, 1.807) is 0 Å². The predicted molar refractivity (Wildman–Crippen MR) is 75.6 cm³/mol. The van der Waals surface area contributed by atoms with Crippen molar-refractivity contribution in [1.82, 2.24) is 0 Å². The third-order valence-corrected chi connectivity index (χ3v) is 2.99. The summed E-state index contributed by atoms with van der Waals surface area (Å²) >= 11 is 0. The van der Waals surface area contributed by atoms with Gasteiger partial charge in [-0.3, -0.25) is 0 Å². The van der Waals surface area contributed by atoms with Gasteiger partial charge in [-0.25, -0.2) is 0 Å². The molecule has 1 rings (SSSR count). The molecule has 1 aromatic rings. The van der Waals surface area contributed by atoms with Crippen LogP contribution >= 0.6 is 12.4 Å². The number of halogens is 1. The molecule has 2 atom stereocenters. The van der Waals surface area contributed by atoms with Gasteiger partial charge in [0.1, 0.15) is 0 Å². The quantitative estimate of drug-likeness (QED) is 0.849. The van der Waals surface area contributed by atoms with Crippen molar-refractivity contribution >= 4 is 12.4 Å². The SMILES string of the molecule is CCC[C@H](O)[C@H](N)c1ccc(C(C)C)cc1.Cl. The van der Waals surface area contributed by atoms with Crippen molar-refractivity contribution in [2.45, 2.75) is 51.7 Å². The molecule has 3 N–H and O–H groups in total. The monoisotopic (exact) mass is 257 g/mol. The first-order valence-electron chi connectivity index (χ1n) is 6.09. The van der Waals surface area contributed by atoms with E-state index in [1.165, 1.54) is 5.56 Å². The van der Waals surface area contributed by atoms with Crippen molar-refractivity contribution in [1.29, 1.82) is 0 Å². The van der Waals surface area contributed by atoms with Gasteiger partial charge in [0.25, 0.3) is 0 Å². The van der Waals surface area contributed by atoms with E-state index in [4.69, 9.17) is 5.73 Å². The zero-order chi connectivity index (χ0) is 12.1. The highest BCUT2D eigenvalue weighted by Gasteiger charge is 2.15. The lowest BCUT2D eigenvalue weighted by Crippen LogP contribution is -2.25. The molecule has 0 aliphatic carbocycles. The van der Waals surface area contributed by atoms with Crippen LogP contribution in [0, 0.1) is 0 Å². The van der Waals surface area contributed by atoms with Crippen LogP contribution in [-0.2, 0) is 0 Å². The molecular formula is C14H24ClNO. The number of rotatable bonds is 5. The average Bonchev–Trinajstić information content (AvgIpc) is 2.28. The van der Waals surface area contributed by atoms with E-state index >= 15 is 0 Å². The summed E-state index contributed by atoms with van der Waals surface area (Å²) in [4.78, 5) is 0. The maximum absolute atomic E-state index is 9.82. The van der Waals surface area contributed by atoms with E-state index in [1.807, 2.05) is 12.1 Å². The van der Waals surface area contributed by atoms with Crippen LogP contribution in [-0.4, -0.2) is 11.2 Å². The molecule has 17 heavy (non-hydrogen) atoms. The summed E-state index contributed by atoms with van der Waals surface area (Å²) in [6.45, 7) is 6.39. The second-order valence-electron chi connectivity index (χ2n) is 4.70.